The van der Waals surface area contributed by atoms with E-state index < -0.39 is 17.9 Å². The zero-order valence-corrected chi connectivity index (χ0v) is 19.5. The summed E-state index contributed by atoms with van der Waals surface area (Å²) in [5.74, 6) is 0.872. The molecule has 35 heavy (non-hydrogen) atoms. The summed E-state index contributed by atoms with van der Waals surface area (Å²) in [4.78, 5) is 28.7. The van der Waals surface area contributed by atoms with E-state index in [1.165, 1.54) is 38.5 Å². The normalized spacial score (nSPS) is 27.5. The molecule has 0 spiro atoms. The van der Waals surface area contributed by atoms with E-state index in [9.17, 15) is 14.7 Å². The van der Waals surface area contributed by atoms with Crippen LogP contribution in [0.2, 0.25) is 0 Å². The maximum atomic E-state index is 12.7. The molecule has 2 aromatic heterocycles. The number of carbonyl (C=O) groups excluding carboxylic acids is 1. The van der Waals surface area contributed by atoms with Crippen LogP contribution in [0.25, 0.3) is 11.3 Å². The topological polar surface area (TPSA) is 110 Å². The number of carbonyl (C=O) groups is 2. The zero-order valence-electron chi connectivity index (χ0n) is 19.5. The number of carboxylic acid groups (broad SMARTS) is 1. The molecule has 1 amide bonds. The third kappa shape index (κ3) is 4.22. The lowest BCUT2D eigenvalue weighted by atomic mass is 9.53. The van der Waals surface area contributed by atoms with E-state index in [4.69, 9.17) is 0 Å². The SMILES string of the molecule is O=C(NC(Cc1ccccc1)C(=O)O)c1ccc(-c2cn(C34CC5CC(CC(C5)C3)C4)nn2)cn1. The molecule has 0 aliphatic heterocycles. The van der Waals surface area contributed by atoms with E-state index in [0.717, 1.165) is 34.6 Å². The van der Waals surface area contributed by atoms with Gasteiger partial charge in [-0.3, -0.25) is 9.78 Å². The van der Waals surface area contributed by atoms with Gasteiger partial charge in [0.05, 0.1) is 11.7 Å². The molecule has 0 radical (unpaired) electrons. The quantitative estimate of drug-likeness (QED) is 0.544. The lowest BCUT2D eigenvalue weighted by molar-refractivity contribution is -0.139. The van der Waals surface area contributed by atoms with Crippen molar-refractivity contribution in [3.8, 4) is 11.3 Å². The molecule has 2 heterocycles. The fourth-order valence-electron chi connectivity index (χ4n) is 6.94. The van der Waals surface area contributed by atoms with Gasteiger partial charge in [-0.2, -0.15) is 0 Å². The van der Waals surface area contributed by atoms with Gasteiger partial charge in [0, 0.05) is 18.2 Å². The van der Waals surface area contributed by atoms with E-state index in [1.807, 2.05) is 36.5 Å². The third-order valence-electron chi connectivity index (χ3n) is 8.16. The van der Waals surface area contributed by atoms with Crippen molar-refractivity contribution in [2.45, 2.75) is 56.5 Å². The van der Waals surface area contributed by atoms with E-state index in [1.54, 1.807) is 18.3 Å². The number of rotatable bonds is 7. The van der Waals surface area contributed by atoms with Crippen LogP contribution in [0, 0.1) is 17.8 Å². The Kier molecular flexibility index (Phi) is 5.39. The second-order valence-corrected chi connectivity index (χ2v) is 10.7. The Morgan fingerprint density at radius 1 is 1.03 bits per heavy atom. The number of aliphatic carboxylic acids is 1. The Hall–Kier alpha value is -3.55. The molecule has 3 aromatic rings. The molecule has 4 aliphatic carbocycles. The number of nitrogens with one attached hydrogen (secondary N) is 1. The Balaban J connectivity index is 1.15. The Labute approximate surface area is 203 Å². The van der Waals surface area contributed by atoms with Gasteiger partial charge in [0.15, 0.2) is 0 Å². The van der Waals surface area contributed by atoms with Gasteiger partial charge in [0.1, 0.15) is 17.4 Å². The summed E-state index contributed by atoms with van der Waals surface area (Å²) < 4.78 is 2.11. The monoisotopic (exact) mass is 471 g/mol. The molecule has 8 nitrogen and oxygen atoms in total. The first-order valence-corrected chi connectivity index (χ1v) is 12.4. The van der Waals surface area contributed by atoms with Gasteiger partial charge < -0.3 is 10.4 Å². The van der Waals surface area contributed by atoms with Gasteiger partial charge in [0.25, 0.3) is 5.91 Å². The lowest BCUT2D eigenvalue weighted by Gasteiger charge is -2.56. The summed E-state index contributed by atoms with van der Waals surface area (Å²) in [7, 11) is 0. The summed E-state index contributed by atoms with van der Waals surface area (Å²) in [6.07, 6.45) is 11.6. The number of aromatic nitrogens is 4. The number of nitrogens with zero attached hydrogens (tertiary/aromatic N) is 4. The van der Waals surface area contributed by atoms with Crippen LogP contribution in [0.4, 0.5) is 0 Å². The molecular weight excluding hydrogens is 442 g/mol. The van der Waals surface area contributed by atoms with Crippen molar-refractivity contribution in [3.05, 3.63) is 66.1 Å². The van der Waals surface area contributed by atoms with Crippen LogP contribution >= 0.6 is 0 Å². The minimum absolute atomic E-state index is 0.109. The van der Waals surface area contributed by atoms with E-state index in [0.29, 0.717) is 0 Å². The van der Waals surface area contributed by atoms with Gasteiger partial charge in [-0.1, -0.05) is 35.5 Å². The molecule has 1 atom stereocenters. The van der Waals surface area contributed by atoms with E-state index >= 15 is 0 Å². The highest BCUT2D eigenvalue weighted by atomic mass is 16.4. The highest BCUT2D eigenvalue weighted by molar-refractivity contribution is 5.95. The van der Waals surface area contributed by atoms with Gasteiger partial charge in [-0.05, 0) is 74.0 Å². The van der Waals surface area contributed by atoms with Crippen molar-refractivity contribution < 1.29 is 14.7 Å². The van der Waals surface area contributed by atoms with Crippen molar-refractivity contribution in [1.29, 1.82) is 0 Å². The van der Waals surface area contributed by atoms with Gasteiger partial charge in [-0.15, -0.1) is 5.10 Å². The smallest absolute Gasteiger partial charge is 0.326 e. The van der Waals surface area contributed by atoms with Gasteiger partial charge in [-0.25, -0.2) is 9.48 Å². The van der Waals surface area contributed by atoms with Crippen LogP contribution in [0.1, 0.15) is 54.6 Å². The summed E-state index contributed by atoms with van der Waals surface area (Å²) in [5.41, 5.74) is 2.65. The van der Waals surface area contributed by atoms with Crippen molar-refractivity contribution in [3.63, 3.8) is 0 Å². The molecule has 4 aliphatic rings. The first kappa shape index (κ1) is 21.9. The van der Waals surface area contributed by atoms with Crippen molar-refractivity contribution in [2.24, 2.45) is 17.8 Å². The molecule has 8 heteroatoms. The average Bonchev–Trinajstić information content (AvgIpc) is 3.35. The minimum Gasteiger partial charge on any atom is -0.480 e. The molecule has 1 unspecified atom stereocenters. The second-order valence-electron chi connectivity index (χ2n) is 10.7. The largest absolute Gasteiger partial charge is 0.480 e. The molecule has 7 rings (SSSR count). The Morgan fingerprint density at radius 2 is 1.71 bits per heavy atom. The van der Waals surface area contributed by atoms with Gasteiger partial charge in [0.2, 0.25) is 0 Å². The maximum absolute atomic E-state index is 12.7. The lowest BCUT2D eigenvalue weighted by Crippen LogP contribution is -2.52. The van der Waals surface area contributed by atoms with Crippen molar-refractivity contribution in [2.75, 3.05) is 0 Å². The first-order chi connectivity index (χ1) is 17.0. The maximum Gasteiger partial charge on any atom is 0.326 e. The highest BCUT2D eigenvalue weighted by Crippen LogP contribution is 2.58. The van der Waals surface area contributed by atoms with E-state index in [-0.39, 0.29) is 17.7 Å². The van der Waals surface area contributed by atoms with Crippen LogP contribution < -0.4 is 5.32 Å². The number of hydrogen-bond donors (Lipinski definition) is 2. The predicted octanol–water partition coefficient (Wildman–Crippen LogP) is 3.69. The minimum atomic E-state index is -1.08. The van der Waals surface area contributed by atoms with Crippen molar-refractivity contribution >= 4 is 11.9 Å². The third-order valence-corrected chi connectivity index (χ3v) is 8.16. The number of amides is 1. The molecule has 4 fully saturated rings. The molecule has 0 saturated heterocycles. The summed E-state index contributed by atoms with van der Waals surface area (Å²) in [5, 5.41) is 21.1. The van der Waals surface area contributed by atoms with Crippen LogP contribution in [0.3, 0.4) is 0 Å². The van der Waals surface area contributed by atoms with E-state index in [2.05, 4.69) is 25.3 Å². The van der Waals surface area contributed by atoms with Crippen LogP contribution in [0.5, 0.6) is 0 Å². The van der Waals surface area contributed by atoms with Crippen LogP contribution in [-0.2, 0) is 16.8 Å². The molecule has 1 aromatic carbocycles. The predicted molar refractivity (Wildman–Crippen MR) is 128 cm³/mol. The molecule has 4 bridgehead atoms. The second kappa shape index (κ2) is 8.59. The number of pyridine rings is 1. The highest BCUT2D eigenvalue weighted by Gasteiger charge is 2.52. The summed E-state index contributed by atoms with van der Waals surface area (Å²) in [6.45, 7) is 0. The number of hydrogen-bond acceptors (Lipinski definition) is 5. The Morgan fingerprint density at radius 3 is 2.31 bits per heavy atom. The summed E-state index contributed by atoms with van der Waals surface area (Å²) in [6, 6.07) is 11.6. The summed E-state index contributed by atoms with van der Waals surface area (Å²) >= 11 is 0. The number of carboxylic acids is 1. The zero-order chi connectivity index (χ0) is 24.0. The molecule has 4 saturated carbocycles. The standard InChI is InChI=1S/C27H29N5O3/c33-25(29-23(26(34)35)11-17-4-2-1-3-5-17)22-7-6-21(15-28-22)24-16-32(31-30-24)27-12-18-8-19(13-27)10-20(9-18)14-27/h1-7,15-16,18-20,23H,8-14H2,(H,29,33)(H,34,35). The van der Waals surface area contributed by atoms with Crippen LogP contribution in [0.15, 0.2) is 54.9 Å². The first-order valence-electron chi connectivity index (χ1n) is 12.4. The number of benzene rings is 1. The molecule has 2 N–H and O–H groups in total. The Bertz CT molecular complexity index is 1200. The van der Waals surface area contributed by atoms with Crippen molar-refractivity contribution in [1.82, 2.24) is 25.3 Å². The van der Waals surface area contributed by atoms with Crippen LogP contribution in [-0.4, -0.2) is 43.0 Å². The van der Waals surface area contributed by atoms with Gasteiger partial charge >= 0.3 is 5.97 Å². The average molecular weight is 472 g/mol. The molecule has 180 valence electrons. The fourth-order valence-corrected chi connectivity index (χ4v) is 6.94. The molecular formula is C27H29N5O3. The fraction of sp³-hybridized carbons (Fsp3) is 0.444.